The van der Waals surface area contributed by atoms with Crippen molar-refractivity contribution >= 4 is 29.3 Å². The van der Waals surface area contributed by atoms with Crippen molar-refractivity contribution in [3.8, 4) is 5.19 Å². The van der Waals surface area contributed by atoms with Crippen LogP contribution in [0.1, 0.15) is 29.4 Å². The topological polar surface area (TPSA) is 116 Å². The summed E-state index contributed by atoms with van der Waals surface area (Å²) in [6, 6.07) is 28.7. The Hall–Kier alpha value is -4.57. The molecule has 0 radical (unpaired) electrons. The Morgan fingerprint density at radius 1 is 0.919 bits per heavy atom. The van der Waals surface area contributed by atoms with E-state index in [1.165, 1.54) is 7.11 Å². The Labute approximate surface area is 218 Å². The van der Waals surface area contributed by atoms with E-state index in [0.717, 1.165) is 28.2 Å². The summed E-state index contributed by atoms with van der Waals surface area (Å²) in [5.74, 6) is -0.869. The molecule has 0 aliphatic heterocycles. The molecular formula is C27H24N4O5S. The second-order valence-corrected chi connectivity index (χ2v) is 8.22. The van der Waals surface area contributed by atoms with Crippen LogP contribution in [0.3, 0.4) is 0 Å². The fourth-order valence-corrected chi connectivity index (χ4v) is 4.18. The zero-order valence-electron chi connectivity index (χ0n) is 20.2. The van der Waals surface area contributed by atoms with Crippen molar-refractivity contribution < 1.29 is 23.8 Å². The number of rotatable bonds is 9. The summed E-state index contributed by atoms with van der Waals surface area (Å²) in [5, 5.41) is 11.9. The van der Waals surface area contributed by atoms with Gasteiger partial charge >= 0.3 is 17.2 Å². The molecule has 1 aromatic heterocycles. The minimum atomic E-state index is -1.21. The summed E-state index contributed by atoms with van der Waals surface area (Å²) >= 11 is 0.834. The molecule has 1 N–H and O–H groups in total. The molecule has 0 aliphatic carbocycles. The molecule has 0 amide bonds. The van der Waals surface area contributed by atoms with Gasteiger partial charge in [-0.2, -0.15) is 9.36 Å². The maximum absolute atomic E-state index is 12.8. The van der Waals surface area contributed by atoms with Crippen LogP contribution < -0.4 is 4.74 Å². The highest BCUT2D eigenvalue weighted by Crippen LogP contribution is 2.40. The Kier molecular flexibility index (Phi) is 8.22. The standard InChI is InChI=1S/C27H24N4O5S/c1-3-34-25(28)35-26-29-23(31-37-26)22(24(32)33-2)30-36-27(19-13-7-4-8-14-19,20-15-9-5-10-16-20)21-17-11-6-12-18-21/h4-18,28H,3H2,1-2H3/b28-25?,30-22-. The first-order valence-corrected chi connectivity index (χ1v) is 12.1. The molecule has 1 heterocycles. The number of hydrogen-bond donors (Lipinski definition) is 1. The summed E-state index contributed by atoms with van der Waals surface area (Å²) in [6.07, 6.45) is -0.436. The first kappa shape index (κ1) is 25.5. The van der Waals surface area contributed by atoms with Gasteiger partial charge in [0.25, 0.3) is 0 Å². The Morgan fingerprint density at radius 2 is 1.43 bits per heavy atom. The largest absolute Gasteiger partial charge is 0.464 e. The molecule has 4 rings (SSSR count). The average Bonchev–Trinajstić information content (AvgIpc) is 3.40. The number of carbonyl (C=O) groups is 1. The first-order chi connectivity index (χ1) is 18.1. The SMILES string of the molecule is CCOC(=N)Oc1nc(/C(=N/OC(c2ccccc2)(c2ccccc2)c2ccccc2)C(=O)OC)ns1. The number of esters is 1. The van der Waals surface area contributed by atoms with Crippen molar-refractivity contribution in [2.24, 2.45) is 5.16 Å². The second-order valence-electron chi connectivity index (χ2n) is 7.51. The van der Waals surface area contributed by atoms with Crippen LogP contribution in [0.2, 0.25) is 0 Å². The van der Waals surface area contributed by atoms with E-state index in [1.54, 1.807) is 6.92 Å². The van der Waals surface area contributed by atoms with Crippen LogP contribution in [0.4, 0.5) is 0 Å². The molecule has 4 aromatic rings. The highest BCUT2D eigenvalue weighted by Gasteiger charge is 2.40. The molecular weight excluding hydrogens is 492 g/mol. The molecule has 0 aliphatic rings. The lowest BCUT2D eigenvalue weighted by atomic mass is 9.80. The molecule has 3 aromatic carbocycles. The normalized spacial score (nSPS) is 11.5. The fraction of sp³-hybridized carbons (Fsp3) is 0.148. The number of oxime groups is 1. The third-order valence-electron chi connectivity index (χ3n) is 5.27. The van der Waals surface area contributed by atoms with Crippen LogP contribution in [0, 0.1) is 5.41 Å². The predicted octanol–water partition coefficient (Wildman–Crippen LogP) is 4.77. The predicted molar refractivity (Wildman–Crippen MR) is 139 cm³/mol. The van der Waals surface area contributed by atoms with Crippen LogP contribution in [0.25, 0.3) is 0 Å². The van der Waals surface area contributed by atoms with Crippen molar-refractivity contribution in [2.75, 3.05) is 13.7 Å². The van der Waals surface area contributed by atoms with Crippen LogP contribution >= 0.6 is 11.5 Å². The molecule has 0 bridgehead atoms. The van der Waals surface area contributed by atoms with E-state index in [9.17, 15) is 4.79 Å². The summed E-state index contributed by atoms with van der Waals surface area (Å²) in [4.78, 5) is 23.3. The number of nitrogens with one attached hydrogen (secondary N) is 1. The van der Waals surface area contributed by atoms with Gasteiger partial charge in [-0.25, -0.2) is 10.2 Å². The van der Waals surface area contributed by atoms with Crippen LogP contribution in [0.5, 0.6) is 5.19 Å². The number of methoxy groups -OCH3 is 1. The lowest BCUT2D eigenvalue weighted by molar-refractivity contribution is -0.133. The lowest BCUT2D eigenvalue weighted by Gasteiger charge is -2.33. The third kappa shape index (κ3) is 5.65. The van der Waals surface area contributed by atoms with E-state index in [2.05, 4.69) is 14.5 Å². The number of carbonyl (C=O) groups excluding carboxylic acids is 1. The molecule has 0 spiro atoms. The molecule has 0 atom stereocenters. The van der Waals surface area contributed by atoms with Gasteiger partial charge in [-0.1, -0.05) is 96.2 Å². The lowest BCUT2D eigenvalue weighted by Crippen LogP contribution is -2.32. The van der Waals surface area contributed by atoms with Gasteiger partial charge in [0.1, 0.15) is 0 Å². The van der Waals surface area contributed by atoms with Gasteiger partial charge in [-0.05, 0) is 6.92 Å². The van der Waals surface area contributed by atoms with Crippen LogP contribution in [0.15, 0.2) is 96.2 Å². The van der Waals surface area contributed by atoms with E-state index in [1.807, 2.05) is 91.0 Å². The van der Waals surface area contributed by atoms with Crippen molar-refractivity contribution in [1.82, 2.24) is 9.36 Å². The monoisotopic (exact) mass is 516 g/mol. The number of nitrogens with zero attached hydrogens (tertiary/aromatic N) is 3. The van der Waals surface area contributed by atoms with Crippen molar-refractivity contribution in [1.29, 1.82) is 5.41 Å². The molecule has 0 fully saturated rings. The molecule has 9 nitrogen and oxygen atoms in total. The van der Waals surface area contributed by atoms with Gasteiger partial charge in [0.2, 0.25) is 17.1 Å². The quantitative estimate of drug-likeness (QED) is 0.112. The summed E-state index contributed by atoms with van der Waals surface area (Å²) < 4.78 is 19.3. The molecule has 0 unspecified atom stereocenters. The van der Waals surface area contributed by atoms with E-state index < -0.39 is 17.7 Å². The molecule has 188 valence electrons. The van der Waals surface area contributed by atoms with Gasteiger partial charge in [0.05, 0.1) is 13.7 Å². The van der Waals surface area contributed by atoms with Crippen molar-refractivity contribution in [3.63, 3.8) is 0 Å². The second kappa shape index (κ2) is 11.9. The zero-order valence-corrected chi connectivity index (χ0v) is 21.0. The van der Waals surface area contributed by atoms with Gasteiger partial charge in [0, 0.05) is 28.2 Å². The van der Waals surface area contributed by atoms with Crippen LogP contribution in [-0.2, 0) is 24.7 Å². The molecule has 0 saturated heterocycles. The highest BCUT2D eigenvalue weighted by molar-refractivity contribution is 7.07. The average molecular weight is 517 g/mol. The van der Waals surface area contributed by atoms with E-state index in [4.69, 9.17) is 24.5 Å². The fourth-order valence-electron chi connectivity index (χ4n) is 3.64. The summed E-state index contributed by atoms with van der Waals surface area (Å²) in [6.45, 7) is 1.98. The van der Waals surface area contributed by atoms with Crippen molar-refractivity contribution in [3.05, 3.63) is 114 Å². The minimum Gasteiger partial charge on any atom is -0.464 e. The van der Waals surface area contributed by atoms with Gasteiger partial charge in [-0.3, -0.25) is 0 Å². The highest BCUT2D eigenvalue weighted by atomic mass is 32.1. The number of aromatic nitrogens is 2. The maximum atomic E-state index is 12.8. The van der Waals surface area contributed by atoms with E-state index in [0.29, 0.717) is 0 Å². The van der Waals surface area contributed by atoms with Crippen molar-refractivity contribution in [2.45, 2.75) is 12.5 Å². The molecule has 10 heteroatoms. The Balaban J connectivity index is 1.84. The summed E-state index contributed by atoms with van der Waals surface area (Å²) in [7, 11) is 1.23. The number of benzene rings is 3. The van der Waals surface area contributed by atoms with Gasteiger partial charge in [-0.15, -0.1) is 0 Å². The minimum absolute atomic E-state index is 0.00509. The number of ether oxygens (including phenoxy) is 3. The first-order valence-electron chi connectivity index (χ1n) is 11.3. The van der Waals surface area contributed by atoms with Gasteiger partial charge < -0.3 is 19.0 Å². The maximum Gasteiger partial charge on any atom is 0.388 e. The zero-order chi connectivity index (χ0) is 26.1. The summed E-state index contributed by atoms with van der Waals surface area (Å²) in [5.41, 5.74) is 0.904. The molecule has 0 saturated carbocycles. The smallest absolute Gasteiger partial charge is 0.388 e. The third-order valence-corrected chi connectivity index (χ3v) is 5.86. The van der Waals surface area contributed by atoms with Gasteiger partial charge in [0.15, 0.2) is 0 Å². The van der Waals surface area contributed by atoms with E-state index in [-0.39, 0.29) is 23.3 Å². The number of hydrogen-bond acceptors (Lipinski definition) is 10. The Morgan fingerprint density at radius 3 is 1.89 bits per heavy atom. The molecule has 37 heavy (non-hydrogen) atoms. The van der Waals surface area contributed by atoms with E-state index >= 15 is 0 Å². The Bertz CT molecular complexity index is 1260. The van der Waals surface area contributed by atoms with Crippen LogP contribution in [-0.4, -0.2) is 40.8 Å².